The second-order valence-corrected chi connectivity index (χ2v) is 18.2. The van der Waals surface area contributed by atoms with E-state index in [-0.39, 0.29) is 39.1 Å². The molecule has 1 saturated heterocycles. The van der Waals surface area contributed by atoms with E-state index in [2.05, 4.69) is 56.7 Å². The average Bonchev–Trinajstić information content (AvgIpc) is 4.15. The molecule has 1 aromatic heterocycles. The Bertz CT molecular complexity index is 2150. The van der Waals surface area contributed by atoms with E-state index < -0.39 is 15.2 Å². The molecule has 0 saturated carbocycles. The second-order valence-electron chi connectivity index (χ2n) is 15.4. The molecule has 64 heavy (non-hydrogen) atoms. The molecule has 3 radical (unpaired) electrons. The Hall–Kier alpha value is -4.17. The van der Waals surface area contributed by atoms with Crippen molar-refractivity contribution in [3.8, 4) is 5.75 Å². The number of phenols is 1. The lowest BCUT2D eigenvalue weighted by atomic mass is 9.94. The molecule has 4 aliphatic rings. The number of aliphatic hydroxyl groups is 1. The van der Waals surface area contributed by atoms with E-state index in [0.717, 1.165) is 43.0 Å². The van der Waals surface area contributed by atoms with Gasteiger partial charge in [0.2, 0.25) is 9.23 Å². The molecule has 15 heteroatoms. The summed E-state index contributed by atoms with van der Waals surface area (Å²) in [7, 11) is 9.25. The molecule has 1 fully saturated rings. The summed E-state index contributed by atoms with van der Waals surface area (Å²) in [5.74, 6) is 0.368. The van der Waals surface area contributed by atoms with E-state index in [9.17, 15) is 14.7 Å². The van der Waals surface area contributed by atoms with Gasteiger partial charge in [0.15, 0.2) is 0 Å². The minimum absolute atomic E-state index is 0. The molecule has 1 atom stereocenters. The number of fused-ring (bicyclic) bond motifs is 3. The lowest BCUT2D eigenvalue weighted by Crippen LogP contribution is -2.14. The molecule has 0 amide bonds. The van der Waals surface area contributed by atoms with Crippen LogP contribution < -0.4 is 0 Å². The number of nitrogens with zero attached hydrogens (tertiary/aromatic N) is 2. The standard InChI is InChI=1S/C15H18N2O3.C10H11Cl.C10H10O2.C10H12O.C4H8O.B.Cl2OS/c1-3-20-14(19)10-13(15-16-8-9-17(15)2)11-4-6-12(18)7-5-11;11-7-8-4-5-9-2-1-3-10(9)6-8;11-10(12)9-5-4-7-2-1-3-8(7)6-9;11-7-8-4-5-9-2-1-3-10(9)6-8;1-2-4-5-3-1;;1-4(2)3/h4-9,13,18H,3,10H2,1-2H3;4-6H,1-3,7H2;4-6H,1-3H2,(H,11,12);4-6,11H,1-3,7H2;1-4H2;;/t13-;;;;;;/m0....../s1. The maximum absolute atomic E-state index is 11.8. The van der Waals surface area contributed by atoms with Crippen LogP contribution in [0.2, 0.25) is 0 Å². The van der Waals surface area contributed by atoms with Gasteiger partial charge in [0.1, 0.15) is 11.6 Å². The number of carboxylic acids is 1. The SMILES string of the molecule is C1CCOC1.CCOC(=O)C[C@@H](c1ccc(O)cc1)c1nccn1C.ClCc1ccc2c(c1)CCC2.O=C(O)c1ccc2c(c1)CCC2.O=S(Cl)Cl.OCc1ccc2c(c1)CCC2.[B]. The third kappa shape index (κ3) is 18.4. The van der Waals surface area contributed by atoms with Crippen molar-refractivity contribution in [2.24, 2.45) is 7.05 Å². The number of carbonyl (C=O) groups excluding carboxylic acids is 1. The number of halogens is 3. The number of hydrogen-bond acceptors (Lipinski definition) is 8. The maximum atomic E-state index is 11.8. The van der Waals surface area contributed by atoms with Gasteiger partial charge in [0.05, 0.1) is 31.1 Å². The highest BCUT2D eigenvalue weighted by molar-refractivity contribution is 8.26. The number of carboxylic acid groups (broad SMARTS) is 1. The van der Waals surface area contributed by atoms with Gasteiger partial charge in [-0.3, -0.25) is 4.79 Å². The number of aliphatic hydroxyl groups excluding tert-OH is 1. The van der Waals surface area contributed by atoms with Crippen LogP contribution >= 0.6 is 33.0 Å². The van der Waals surface area contributed by atoms with Crippen LogP contribution in [0.4, 0.5) is 0 Å². The Morgan fingerprint density at radius 3 is 1.73 bits per heavy atom. The highest BCUT2D eigenvalue weighted by Gasteiger charge is 2.23. The van der Waals surface area contributed by atoms with Gasteiger partial charge in [-0.25, -0.2) is 14.0 Å². The summed E-state index contributed by atoms with van der Waals surface area (Å²) in [6.45, 7) is 4.32. The molecular weight excluding hydrogens is 894 g/mol. The topological polar surface area (TPSA) is 148 Å². The van der Waals surface area contributed by atoms with Crippen molar-refractivity contribution < 1.29 is 38.6 Å². The smallest absolute Gasteiger partial charge is 0.335 e. The number of benzene rings is 4. The molecule has 343 valence electrons. The van der Waals surface area contributed by atoms with Crippen molar-refractivity contribution in [2.75, 3.05) is 19.8 Å². The molecule has 4 aromatic carbocycles. The largest absolute Gasteiger partial charge is 0.508 e. The van der Waals surface area contributed by atoms with Crippen molar-refractivity contribution in [2.45, 2.75) is 102 Å². The number of ether oxygens (including phenoxy) is 2. The van der Waals surface area contributed by atoms with Crippen molar-refractivity contribution in [3.63, 3.8) is 0 Å². The molecule has 2 heterocycles. The van der Waals surface area contributed by atoms with Gasteiger partial charge < -0.3 is 29.4 Å². The van der Waals surface area contributed by atoms with Crippen molar-refractivity contribution in [1.82, 2.24) is 9.55 Å². The van der Waals surface area contributed by atoms with E-state index in [1.54, 1.807) is 49.5 Å². The number of rotatable bonds is 8. The minimum atomic E-state index is -1.67. The van der Waals surface area contributed by atoms with Gasteiger partial charge >= 0.3 is 11.9 Å². The third-order valence-electron chi connectivity index (χ3n) is 11.0. The molecule has 3 aliphatic carbocycles. The molecule has 0 bridgehead atoms. The van der Waals surface area contributed by atoms with E-state index in [1.807, 2.05) is 29.9 Å². The maximum Gasteiger partial charge on any atom is 0.335 e. The number of phenolic OH excluding ortho intramolecular Hbond substituents is 1. The number of aryl methyl sites for hydroxylation is 7. The molecule has 1 aliphatic heterocycles. The van der Waals surface area contributed by atoms with Crippen LogP contribution in [-0.2, 0) is 81.6 Å². The summed E-state index contributed by atoms with van der Waals surface area (Å²) in [4.78, 5) is 26.7. The third-order valence-corrected chi connectivity index (χ3v) is 11.3. The highest BCUT2D eigenvalue weighted by atomic mass is 36.0. The van der Waals surface area contributed by atoms with Crippen LogP contribution in [0, 0.1) is 0 Å². The van der Waals surface area contributed by atoms with E-state index in [1.165, 1.54) is 96.7 Å². The van der Waals surface area contributed by atoms with E-state index in [4.69, 9.17) is 35.5 Å². The summed E-state index contributed by atoms with van der Waals surface area (Å²) in [5, 5.41) is 27.0. The Morgan fingerprint density at radius 2 is 1.28 bits per heavy atom. The molecule has 3 N–H and O–H groups in total. The van der Waals surface area contributed by atoms with Crippen LogP contribution in [-0.4, -0.2) is 69.3 Å². The number of alkyl halides is 1. The fourth-order valence-electron chi connectivity index (χ4n) is 7.81. The molecule has 0 spiro atoms. The summed E-state index contributed by atoms with van der Waals surface area (Å²) in [6.07, 6.45) is 17.2. The summed E-state index contributed by atoms with van der Waals surface area (Å²) < 4.78 is 20.9. The van der Waals surface area contributed by atoms with E-state index in [0.29, 0.717) is 18.1 Å². The predicted molar refractivity (Wildman–Crippen MR) is 258 cm³/mol. The van der Waals surface area contributed by atoms with E-state index >= 15 is 0 Å². The normalized spacial score (nSPS) is 14.0. The van der Waals surface area contributed by atoms with Crippen LogP contribution in [0.25, 0.3) is 0 Å². The van der Waals surface area contributed by atoms with Crippen LogP contribution in [0.15, 0.2) is 91.3 Å². The average molecular weight is 953 g/mol. The number of aromatic carboxylic acids is 1. The van der Waals surface area contributed by atoms with Crippen molar-refractivity contribution in [3.05, 3.63) is 153 Å². The quantitative estimate of drug-likeness (QED) is 0.0598. The van der Waals surface area contributed by atoms with Gasteiger partial charge in [0.25, 0.3) is 0 Å². The zero-order valence-corrected chi connectivity index (χ0v) is 39.7. The molecule has 5 aromatic rings. The fraction of sp³-hybridized carbons (Fsp3) is 0.408. The monoisotopic (exact) mass is 951 g/mol. The predicted octanol–water partition coefficient (Wildman–Crippen LogP) is 10.1. The van der Waals surface area contributed by atoms with Gasteiger partial charge in [-0.1, -0.05) is 54.6 Å². The lowest BCUT2D eigenvalue weighted by molar-refractivity contribution is -0.143. The van der Waals surface area contributed by atoms with Gasteiger partial charge in [-0.2, -0.15) is 0 Å². The lowest BCUT2D eigenvalue weighted by Gasteiger charge is -2.16. The Labute approximate surface area is 396 Å². The summed E-state index contributed by atoms with van der Waals surface area (Å²) >= 11 is 5.73. The first-order valence-electron chi connectivity index (χ1n) is 21.4. The first kappa shape index (κ1) is 54.2. The molecule has 0 unspecified atom stereocenters. The summed E-state index contributed by atoms with van der Waals surface area (Å²) in [5.41, 5.74) is 12.1. The number of imidazole rings is 1. The first-order valence-corrected chi connectivity index (χ1v) is 24.7. The number of carbonyl (C=O) groups is 2. The molecular formula is C49H59BCl3N2O8S. The minimum Gasteiger partial charge on any atom is -0.508 e. The molecule has 9 rings (SSSR count). The van der Waals surface area contributed by atoms with Crippen LogP contribution in [0.5, 0.6) is 5.75 Å². The fourth-order valence-corrected chi connectivity index (χ4v) is 7.98. The van der Waals surface area contributed by atoms with Gasteiger partial charge in [-0.05, 0) is 152 Å². The zero-order chi connectivity index (χ0) is 45.6. The van der Waals surface area contributed by atoms with Crippen molar-refractivity contribution >= 4 is 62.5 Å². The number of esters is 1. The highest BCUT2D eigenvalue weighted by Crippen LogP contribution is 2.29. The number of aromatic nitrogens is 2. The Morgan fingerprint density at radius 1 is 0.781 bits per heavy atom. The number of aromatic hydroxyl groups is 1. The summed E-state index contributed by atoms with van der Waals surface area (Å²) in [6, 6.07) is 25.1. The van der Waals surface area contributed by atoms with Crippen LogP contribution in [0.3, 0.4) is 0 Å². The van der Waals surface area contributed by atoms with Crippen molar-refractivity contribution in [1.29, 1.82) is 0 Å². The zero-order valence-electron chi connectivity index (χ0n) is 36.7. The first-order chi connectivity index (χ1) is 30.4. The second kappa shape index (κ2) is 29.4. The van der Waals surface area contributed by atoms with Gasteiger partial charge in [0, 0.05) is 68.3 Å². The number of hydrogen-bond donors (Lipinski definition) is 3. The van der Waals surface area contributed by atoms with Gasteiger partial charge in [-0.15, -0.1) is 11.6 Å². The molecule has 10 nitrogen and oxygen atoms in total. The Balaban J connectivity index is 0.000000217. The van der Waals surface area contributed by atoms with Crippen LogP contribution in [0.1, 0.15) is 118 Å². The Kier molecular flexibility index (Phi) is 24.9.